The number of ether oxygens (including phenoxy) is 2. The van der Waals surface area contributed by atoms with E-state index in [1.807, 2.05) is 0 Å². The van der Waals surface area contributed by atoms with Crippen LogP contribution >= 0.6 is 0 Å². The molecule has 0 fully saturated rings. The Morgan fingerprint density at radius 2 is 1.69 bits per heavy atom. The molecule has 0 aromatic heterocycles. The fourth-order valence-electron chi connectivity index (χ4n) is 3.08. The number of rotatable bonds is 10. The van der Waals surface area contributed by atoms with Gasteiger partial charge in [0.05, 0.1) is 19.4 Å². The van der Waals surface area contributed by atoms with Crippen molar-refractivity contribution in [1.82, 2.24) is 4.90 Å². The normalized spacial score (nSPS) is 11.1. The predicted molar refractivity (Wildman–Crippen MR) is 125 cm³/mol. The highest BCUT2D eigenvalue weighted by Gasteiger charge is 2.21. The summed E-state index contributed by atoms with van der Waals surface area (Å²) >= 11 is 0. The van der Waals surface area contributed by atoms with Crippen molar-refractivity contribution < 1.29 is 35.6 Å². The molecule has 0 heterocycles. The molecule has 35 heavy (non-hydrogen) atoms. The average Bonchev–Trinajstić information content (AvgIpc) is 2.83. The fraction of sp³-hybridized carbons (Fsp3) is 0.208. The number of benzene rings is 3. The summed E-state index contributed by atoms with van der Waals surface area (Å²) in [6.07, 6.45) is 0. The molecule has 0 saturated carbocycles. The van der Waals surface area contributed by atoms with Crippen molar-refractivity contribution >= 4 is 21.8 Å². The molecule has 3 rings (SSSR count). The number of anilines is 1. The maximum absolute atomic E-state index is 14.0. The van der Waals surface area contributed by atoms with Crippen molar-refractivity contribution in [1.29, 1.82) is 0 Å². The Bertz CT molecular complexity index is 1270. The van der Waals surface area contributed by atoms with Gasteiger partial charge in [0.1, 0.15) is 16.5 Å². The Kier molecular flexibility index (Phi) is 8.61. The van der Waals surface area contributed by atoms with Gasteiger partial charge in [-0.2, -0.15) is 8.42 Å². The third-order valence-corrected chi connectivity index (χ3v) is 6.12. The van der Waals surface area contributed by atoms with E-state index in [2.05, 4.69) is 5.32 Å². The second kappa shape index (κ2) is 11.6. The van der Waals surface area contributed by atoms with Crippen LogP contribution in [0.2, 0.25) is 0 Å². The zero-order chi connectivity index (χ0) is 25.4. The highest BCUT2D eigenvalue weighted by atomic mass is 32.2. The number of urea groups is 1. The van der Waals surface area contributed by atoms with Crippen molar-refractivity contribution in [2.24, 2.45) is 0 Å². The summed E-state index contributed by atoms with van der Waals surface area (Å²) in [5.74, 6) is -1.15. The van der Waals surface area contributed by atoms with Crippen molar-refractivity contribution in [3.05, 3.63) is 83.9 Å². The van der Waals surface area contributed by atoms with E-state index in [0.29, 0.717) is 5.56 Å². The van der Waals surface area contributed by atoms with Gasteiger partial charge in [-0.1, -0.05) is 18.2 Å². The largest absolute Gasteiger partial charge is 0.493 e. The molecule has 0 aliphatic carbocycles. The molecule has 0 unspecified atom stereocenters. The van der Waals surface area contributed by atoms with Crippen LogP contribution in [0, 0.1) is 11.6 Å². The Hall–Kier alpha value is -3.70. The summed E-state index contributed by atoms with van der Waals surface area (Å²) in [6, 6.07) is 13.9. The lowest BCUT2D eigenvalue weighted by atomic mass is 10.2. The highest BCUT2D eigenvalue weighted by Crippen LogP contribution is 2.31. The van der Waals surface area contributed by atoms with Gasteiger partial charge in [0.15, 0.2) is 11.5 Å². The minimum absolute atomic E-state index is 0.0176. The first kappa shape index (κ1) is 25.9. The number of hydrogen-bond donors (Lipinski definition) is 1. The number of nitrogens with zero attached hydrogens (tertiary/aromatic N) is 1. The van der Waals surface area contributed by atoms with Crippen molar-refractivity contribution in [2.75, 3.05) is 32.7 Å². The predicted octanol–water partition coefficient (Wildman–Crippen LogP) is 4.42. The van der Waals surface area contributed by atoms with Gasteiger partial charge in [-0.3, -0.25) is 0 Å². The maximum atomic E-state index is 14.0. The quantitative estimate of drug-likeness (QED) is 0.409. The Balaban J connectivity index is 1.84. The third-order valence-electron chi connectivity index (χ3n) is 4.87. The molecule has 0 radical (unpaired) electrons. The second-order valence-corrected chi connectivity index (χ2v) is 8.85. The zero-order valence-corrected chi connectivity index (χ0v) is 19.8. The molecule has 1 N–H and O–H groups in total. The van der Waals surface area contributed by atoms with Crippen molar-refractivity contribution in [2.45, 2.75) is 11.4 Å². The second-order valence-electron chi connectivity index (χ2n) is 7.30. The molecule has 8 nitrogen and oxygen atoms in total. The van der Waals surface area contributed by atoms with Crippen LogP contribution in [0.4, 0.5) is 19.3 Å². The smallest absolute Gasteiger partial charge is 0.339 e. The van der Waals surface area contributed by atoms with E-state index in [0.717, 1.165) is 24.3 Å². The molecule has 0 aliphatic rings. The molecule has 3 aromatic rings. The average molecular weight is 507 g/mol. The van der Waals surface area contributed by atoms with Crippen molar-refractivity contribution in [3.63, 3.8) is 0 Å². The Morgan fingerprint density at radius 1 is 0.971 bits per heavy atom. The Morgan fingerprint density at radius 3 is 2.34 bits per heavy atom. The van der Waals surface area contributed by atoms with Gasteiger partial charge in [-0.25, -0.2) is 13.6 Å². The van der Waals surface area contributed by atoms with Gasteiger partial charge in [-0.15, -0.1) is 0 Å². The molecule has 0 spiro atoms. The lowest BCUT2D eigenvalue weighted by Crippen LogP contribution is -2.37. The highest BCUT2D eigenvalue weighted by molar-refractivity contribution is 7.87. The lowest BCUT2D eigenvalue weighted by Gasteiger charge is -2.23. The minimum atomic E-state index is -4.29. The van der Waals surface area contributed by atoms with Crippen LogP contribution in [0.3, 0.4) is 0 Å². The van der Waals surface area contributed by atoms with Crippen LogP contribution in [0.25, 0.3) is 0 Å². The van der Waals surface area contributed by atoms with E-state index in [-0.39, 0.29) is 41.8 Å². The van der Waals surface area contributed by atoms with Gasteiger partial charge >= 0.3 is 16.1 Å². The molecular weight excluding hydrogens is 482 g/mol. The van der Waals surface area contributed by atoms with E-state index in [1.165, 1.54) is 49.5 Å². The van der Waals surface area contributed by atoms with E-state index in [1.54, 1.807) is 12.1 Å². The summed E-state index contributed by atoms with van der Waals surface area (Å²) in [7, 11) is -1.46. The number of para-hydroxylation sites is 1. The Labute approximate surface area is 202 Å². The standard InChI is InChI=1S/C24H24F2N2O6S/c1-32-14-13-28(24(29)27-21-6-4-3-5-20(21)26)16-17-7-12-22(33-2)23(15-17)34-35(30,31)19-10-8-18(25)9-11-19/h3-12,15H,13-14,16H2,1-2H3,(H,27,29). The van der Waals surface area contributed by atoms with E-state index in [9.17, 15) is 22.0 Å². The first-order valence-corrected chi connectivity index (χ1v) is 11.8. The maximum Gasteiger partial charge on any atom is 0.339 e. The summed E-state index contributed by atoms with van der Waals surface area (Å²) < 4.78 is 68.0. The number of methoxy groups -OCH3 is 2. The van der Waals surface area contributed by atoms with Crippen LogP contribution in [0.15, 0.2) is 71.6 Å². The molecule has 11 heteroatoms. The lowest BCUT2D eigenvalue weighted by molar-refractivity contribution is 0.152. The third kappa shape index (κ3) is 6.90. The first-order valence-electron chi connectivity index (χ1n) is 10.4. The molecule has 0 bridgehead atoms. The van der Waals surface area contributed by atoms with Crippen molar-refractivity contribution in [3.8, 4) is 11.5 Å². The topological polar surface area (TPSA) is 94.2 Å². The number of carbonyl (C=O) groups is 1. The summed E-state index contributed by atoms with van der Waals surface area (Å²) in [5.41, 5.74) is 0.527. The molecule has 3 aromatic carbocycles. The van der Waals surface area contributed by atoms with Crippen LogP contribution < -0.4 is 14.2 Å². The summed E-state index contributed by atoms with van der Waals surface area (Å²) in [5, 5.41) is 2.51. The number of halogens is 2. The first-order chi connectivity index (χ1) is 16.7. The monoisotopic (exact) mass is 506 g/mol. The van der Waals surface area contributed by atoms with Gasteiger partial charge in [0.2, 0.25) is 0 Å². The van der Waals surface area contributed by atoms with Crippen LogP contribution in [0.1, 0.15) is 5.56 Å². The SMILES string of the molecule is COCCN(Cc1ccc(OC)c(OS(=O)(=O)c2ccc(F)cc2)c1)C(=O)Nc1ccccc1F. The van der Waals surface area contributed by atoms with Crippen LogP contribution in [0.5, 0.6) is 11.5 Å². The number of carbonyl (C=O) groups excluding carboxylic acids is 1. The van der Waals surface area contributed by atoms with Crippen LogP contribution in [-0.2, 0) is 21.4 Å². The molecule has 2 amide bonds. The molecule has 0 aliphatic heterocycles. The van der Waals surface area contributed by atoms with E-state index in [4.69, 9.17) is 13.7 Å². The molecular formula is C24H24F2N2O6S. The van der Waals surface area contributed by atoms with Gasteiger partial charge in [0, 0.05) is 20.2 Å². The molecule has 0 atom stereocenters. The minimum Gasteiger partial charge on any atom is -0.493 e. The van der Waals surface area contributed by atoms with Gasteiger partial charge in [0.25, 0.3) is 0 Å². The number of amides is 2. The molecule has 186 valence electrons. The fourth-order valence-corrected chi connectivity index (χ4v) is 4.02. The van der Waals surface area contributed by atoms with E-state index < -0.39 is 27.8 Å². The molecule has 0 saturated heterocycles. The van der Waals surface area contributed by atoms with Gasteiger partial charge in [-0.05, 0) is 54.1 Å². The van der Waals surface area contributed by atoms with Gasteiger partial charge < -0.3 is 23.9 Å². The zero-order valence-electron chi connectivity index (χ0n) is 19.0. The van der Waals surface area contributed by atoms with Crippen LogP contribution in [-0.4, -0.2) is 46.7 Å². The summed E-state index contributed by atoms with van der Waals surface area (Å²) in [6.45, 7) is 0.413. The summed E-state index contributed by atoms with van der Waals surface area (Å²) in [4.78, 5) is 14.0. The van der Waals surface area contributed by atoms with E-state index >= 15 is 0 Å². The number of nitrogens with one attached hydrogen (secondary N) is 1. The number of hydrogen-bond acceptors (Lipinski definition) is 6.